The number of rotatable bonds is 6. The van der Waals surface area contributed by atoms with Gasteiger partial charge in [-0.05, 0) is 43.7 Å². The van der Waals surface area contributed by atoms with Crippen molar-refractivity contribution in [3.05, 3.63) is 24.4 Å². The molecule has 1 N–H and O–H groups in total. The molecule has 1 aromatic rings. The number of anilines is 1. The summed E-state index contributed by atoms with van der Waals surface area (Å²) in [5, 5.41) is 2.81. The standard InChI is InChI=1S/C21H31N5O2/c27-20(14-23-21(28)18-6-7-18)26-9-3-4-17(16-26)15-24-10-12-25(13-11-24)19-5-1-2-8-22-19/h1-2,5,8,17-18H,3-4,6-7,9-16H2,(H,23,28). The Morgan fingerprint density at radius 2 is 1.89 bits per heavy atom. The first kappa shape index (κ1) is 19.2. The molecule has 1 aromatic heterocycles. The van der Waals surface area contributed by atoms with Gasteiger partial charge in [-0.15, -0.1) is 0 Å². The zero-order chi connectivity index (χ0) is 19.3. The number of amides is 2. The van der Waals surface area contributed by atoms with Crippen molar-refractivity contribution < 1.29 is 9.59 Å². The first-order valence-corrected chi connectivity index (χ1v) is 10.6. The molecule has 0 bridgehead atoms. The van der Waals surface area contributed by atoms with Gasteiger partial charge in [0, 0.05) is 57.9 Å². The highest BCUT2D eigenvalue weighted by Crippen LogP contribution is 2.28. The first-order chi connectivity index (χ1) is 13.7. The molecule has 0 radical (unpaired) electrons. The van der Waals surface area contributed by atoms with E-state index in [2.05, 4.69) is 26.2 Å². The predicted octanol–water partition coefficient (Wildman–Crippen LogP) is 0.968. The minimum absolute atomic E-state index is 0.0488. The Bertz CT molecular complexity index is 671. The number of piperidine rings is 1. The minimum atomic E-state index is 0.0488. The maximum atomic E-state index is 12.5. The number of piperazine rings is 1. The summed E-state index contributed by atoms with van der Waals surface area (Å²) >= 11 is 0. The Morgan fingerprint density at radius 1 is 1.07 bits per heavy atom. The zero-order valence-electron chi connectivity index (χ0n) is 16.6. The number of nitrogens with one attached hydrogen (secondary N) is 1. The summed E-state index contributed by atoms with van der Waals surface area (Å²) in [7, 11) is 0. The minimum Gasteiger partial charge on any atom is -0.354 e. The molecule has 1 aliphatic carbocycles. The molecule has 2 aliphatic heterocycles. The predicted molar refractivity (Wildman–Crippen MR) is 108 cm³/mol. The number of carbonyl (C=O) groups is 2. The zero-order valence-corrected chi connectivity index (χ0v) is 16.6. The van der Waals surface area contributed by atoms with E-state index in [1.165, 1.54) is 6.42 Å². The molecule has 1 unspecified atom stereocenters. The number of nitrogens with zero attached hydrogens (tertiary/aromatic N) is 4. The van der Waals surface area contributed by atoms with Crippen LogP contribution < -0.4 is 10.2 Å². The van der Waals surface area contributed by atoms with Crippen LogP contribution in [0.5, 0.6) is 0 Å². The van der Waals surface area contributed by atoms with Gasteiger partial charge in [0.1, 0.15) is 5.82 Å². The highest BCUT2D eigenvalue weighted by atomic mass is 16.2. The number of likely N-dealkylation sites (tertiary alicyclic amines) is 1. The van der Waals surface area contributed by atoms with Crippen molar-refractivity contribution in [2.45, 2.75) is 25.7 Å². The molecule has 7 nitrogen and oxygen atoms in total. The van der Waals surface area contributed by atoms with Crippen LogP contribution in [0.2, 0.25) is 0 Å². The summed E-state index contributed by atoms with van der Waals surface area (Å²) in [5.74, 6) is 1.86. The molecule has 7 heteroatoms. The molecule has 0 aromatic carbocycles. The Morgan fingerprint density at radius 3 is 2.61 bits per heavy atom. The lowest BCUT2D eigenvalue weighted by molar-refractivity contribution is -0.134. The van der Waals surface area contributed by atoms with Crippen LogP contribution in [0.3, 0.4) is 0 Å². The maximum Gasteiger partial charge on any atom is 0.241 e. The summed E-state index contributed by atoms with van der Waals surface area (Å²) in [5.41, 5.74) is 0. The Balaban J connectivity index is 1.20. The largest absolute Gasteiger partial charge is 0.354 e. The smallest absolute Gasteiger partial charge is 0.241 e. The van der Waals surface area contributed by atoms with E-state index >= 15 is 0 Å². The Labute approximate surface area is 167 Å². The summed E-state index contributed by atoms with van der Waals surface area (Å²) < 4.78 is 0. The third kappa shape index (κ3) is 5.01. The summed E-state index contributed by atoms with van der Waals surface area (Å²) in [6.45, 7) is 6.93. The second-order valence-electron chi connectivity index (χ2n) is 8.32. The summed E-state index contributed by atoms with van der Waals surface area (Å²) in [6, 6.07) is 6.06. The number of hydrogen-bond donors (Lipinski definition) is 1. The normalized spacial score (nSPS) is 23.5. The van der Waals surface area contributed by atoms with E-state index < -0.39 is 0 Å². The monoisotopic (exact) mass is 385 g/mol. The van der Waals surface area contributed by atoms with Crippen molar-refractivity contribution in [3.63, 3.8) is 0 Å². The van der Waals surface area contributed by atoms with Crippen LogP contribution >= 0.6 is 0 Å². The fourth-order valence-corrected chi connectivity index (χ4v) is 4.27. The fraction of sp³-hybridized carbons (Fsp3) is 0.667. The second kappa shape index (κ2) is 8.90. The number of pyridine rings is 1. The van der Waals surface area contributed by atoms with Crippen LogP contribution in [0, 0.1) is 11.8 Å². The van der Waals surface area contributed by atoms with Gasteiger partial charge in [0.25, 0.3) is 0 Å². The van der Waals surface area contributed by atoms with Crippen LogP contribution in [0.25, 0.3) is 0 Å². The molecule has 2 amide bonds. The van der Waals surface area contributed by atoms with Crippen LogP contribution in [0.15, 0.2) is 24.4 Å². The van der Waals surface area contributed by atoms with E-state index in [1.807, 2.05) is 23.2 Å². The van der Waals surface area contributed by atoms with E-state index in [9.17, 15) is 9.59 Å². The fourth-order valence-electron chi connectivity index (χ4n) is 4.27. The number of carbonyl (C=O) groups excluding carboxylic acids is 2. The van der Waals surface area contributed by atoms with Gasteiger partial charge in [-0.1, -0.05) is 6.07 Å². The van der Waals surface area contributed by atoms with E-state index in [0.29, 0.717) is 5.92 Å². The lowest BCUT2D eigenvalue weighted by Gasteiger charge is -2.39. The van der Waals surface area contributed by atoms with Gasteiger partial charge < -0.3 is 15.1 Å². The molecular formula is C21H31N5O2. The topological polar surface area (TPSA) is 68.8 Å². The molecule has 3 aliphatic rings. The Kier molecular flexibility index (Phi) is 6.10. The highest BCUT2D eigenvalue weighted by molar-refractivity contribution is 5.86. The number of hydrogen-bond acceptors (Lipinski definition) is 5. The third-order valence-electron chi connectivity index (χ3n) is 6.10. The lowest BCUT2D eigenvalue weighted by Crippen LogP contribution is -2.51. The number of aromatic nitrogens is 1. The van der Waals surface area contributed by atoms with Crippen molar-refractivity contribution in [2.75, 3.05) is 57.3 Å². The van der Waals surface area contributed by atoms with Gasteiger partial charge in [0.15, 0.2) is 0 Å². The van der Waals surface area contributed by atoms with Crippen LogP contribution in [-0.4, -0.2) is 79.0 Å². The van der Waals surface area contributed by atoms with Gasteiger partial charge in [0.05, 0.1) is 6.54 Å². The average Bonchev–Trinajstić information content (AvgIpc) is 3.59. The molecule has 28 heavy (non-hydrogen) atoms. The van der Waals surface area contributed by atoms with E-state index in [-0.39, 0.29) is 24.3 Å². The van der Waals surface area contributed by atoms with Gasteiger partial charge in [-0.25, -0.2) is 4.98 Å². The summed E-state index contributed by atoms with van der Waals surface area (Å²) in [4.78, 5) is 35.5. The van der Waals surface area contributed by atoms with Crippen molar-refractivity contribution in [3.8, 4) is 0 Å². The molecule has 3 fully saturated rings. The first-order valence-electron chi connectivity index (χ1n) is 10.6. The molecule has 0 spiro atoms. The third-order valence-corrected chi connectivity index (χ3v) is 6.10. The molecule has 4 rings (SSSR count). The van der Waals surface area contributed by atoms with Gasteiger partial charge in [-0.2, -0.15) is 0 Å². The molecule has 3 heterocycles. The van der Waals surface area contributed by atoms with Crippen LogP contribution in [-0.2, 0) is 9.59 Å². The average molecular weight is 386 g/mol. The summed E-state index contributed by atoms with van der Waals surface area (Å²) in [6.07, 6.45) is 6.03. The van der Waals surface area contributed by atoms with Gasteiger partial charge >= 0.3 is 0 Å². The van der Waals surface area contributed by atoms with Crippen molar-refractivity contribution in [1.29, 1.82) is 0 Å². The van der Waals surface area contributed by atoms with Gasteiger partial charge in [0.2, 0.25) is 11.8 Å². The highest BCUT2D eigenvalue weighted by Gasteiger charge is 2.31. The maximum absolute atomic E-state index is 12.5. The molecular weight excluding hydrogens is 354 g/mol. The quantitative estimate of drug-likeness (QED) is 0.790. The van der Waals surface area contributed by atoms with E-state index in [4.69, 9.17) is 0 Å². The van der Waals surface area contributed by atoms with Crippen molar-refractivity contribution in [2.24, 2.45) is 11.8 Å². The molecule has 1 atom stereocenters. The van der Waals surface area contributed by atoms with Crippen LogP contribution in [0.1, 0.15) is 25.7 Å². The van der Waals surface area contributed by atoms with E-state index in [1.54, 1.807) is 0 Å². The second-order valence-corrected chi connectivity index (χ2v) is 8.32. The SMILES string of the molecule is O=C(NCC(=O)N1CCCC(CN2CCN(c3ccccn3)CC2)C1)C1CC1. The van der Waals surface area contributed by atoms with Crippen LogP contribution in [0.4, 0.5) is 5.82 Å². The molecule has 152 valence electrons. The molecule has 1 saturated carbocycles. The van der Waals surface area contributed by atoms with Gasteiger partial charge in [-0.3, -0.25) is 14.5 Å². The lowest BCUT2D eigenvalue weighted by atomic mass is 9.97. The molecule has 2 saturated heterocycles. The Hall–Kier alpha value is -2.15. The van der Waals surface area contributed by atoms with Crippen molar-refractivity contribution in [1.82, 2.24) is 20.1 Å². The van der Waals surface area contributed by atoms with E-state index in [0.717, 1.165) is 70.9 Å². The van der Waals surface area contributed by atoms with Crippen molar-refractivity contribution >= 4 is 17.6 Å².